The molecule has 88 valence electrons. The summed E-state index contributed by atoms with van der Waals surface area (Å²) < 4.78 is 5.13. The van der Waals surface area contributed by atoms with E-state index in [1.54, 1.807) is 30.1 Å². The molecular weight excluding hydrogens is 206 g/mol. The Labute approximate surface area is 95.2 Å². The Morgan fingerprint density at radius 1 is 1.56 bits per heavy atom. The first-order valence-electron chi connectivity index (χ1n) is 5.04. The van der Waals surface area contributed by atoms with E-state index < -0.39 is 0 Å². The van der Waals surface area contributed by atoms with Gasteiger partial charge in [-0.1, -0.05) is 0 Å². The largest absolute Gasteiger partial charge is 0.494 e. The van der Waals surface area contributed by atoms with Gasteiger partial charge in [-0.2, -0.15) is 0 Å². The van der Waals surface area contributed by atoms with Gasteiger partial charge in [-0.15, -0.1) is 0 Å². The van der Waals surface area contributed by atoms with Gasteiger partial charge < -0.3 is 20.7 Å². The maximum atomic E-state index is 11.6. The van der Waals surface area contributed by atoms with Gasteiger partial charge >= 0.3 is 6.03 Å². The fraction of sp³-hybridized carbons (Fsp3) is 0.364. The fourth-order valence-corrected chi connectivity index (χ4v) is 1.17. The number of methoxy groups -OCH3 is 1. The van der Waals surface area contributed by atoms with E-state index in [1.165, 1.54) is 7.11 Å². The zero-order valence-electron chi connectivity index (χ0n) is 9.78. The van der Waals surface area contributed by atoms with Crippen molar-refractivity contribution in [1.82, 2.24) is 4.90 Å². The van der Waals surface area contributed by atoms with Crippen LogP contribution in [0.15, 0.2) is 18.2 Å². The molecular formula is C11H17N3O2. The molecule has 1 rings (SSSR count). The van der Waals surface area contributed by atoms with Crippen molar-refractivity contribution in [2.45, 2.75) is 6.92 Å². The van der Waals surface area contributed by atoms with E-state index in [0.717, 1.165) is 0 Å². The van der Waals surface area contributed by atoms with Crippen molar-refractivity contribution in [3.63, 3.8) is 0 Å². The number of nitrogens with one attached hydrogen (secondary N) is 1. The van der Waals surface area contributed by atoms with Crippen LogP contribution in [0.3, 0.4) is 0 Å². The van der Waals surface area contributed by atoms with Gasteiger partial charge in [0.2, 0.25) is 0 Å². The van der Waals surface area contributed by atoms with Crippen LogP contribution in [0.2, 0.25) is 0 Å². The van der Waals surface area contributed by atoms with E-state index >= 15 is 0 Å². The average Bonchev–Trinajstić information content (AvgIpc) is 2.30. The maximum Gasteiger partial charge on any atom is 0.321 e. The lowest BCUT2D eigenvalue weighted by Crippen LogP contribution is -2.31. The van der Waals surface area contributed by atoms with Crippen LogP contribution >= 0.6 is 0 Å². The number of nitrogens with zero attached hydrogens (tertiary/aromatic N) is 1. The lowest BCUT2D eigenvalue weighted by Gasteiger charge is -2.17. The number of carbonyl (C=O) groups is 1. The van der Waals surface area contributed by atoms with Crippen molar-refractivity contribution < 1.29 is 9.53 Å². The lowest BCUT2D eigenvalue weighted by molar-refractivity contribution is 0.224. The summed E-state index contributed by atoms with van der Waals surface area (Å²) in [6.07, 6.45) is 0. The number of nitrogens with two attached hydrogens (primary N) is 1. The molecule has 16 heavy (non-hydrogen) atoms. The zero-order valence-corrected chi connectivity index (χ0v) is 9.78. The summed E-state index contributed by atoms with van der Waals surface area (Å²) in [6, 6.07) is 4.92. The van der Waals surface area contributed by atoms with Gasteiger partial charge in [-0.05, 0) is 19.1 Å². The third kappa shape index (κ3) is 2.79. The SMILES string of the molecule is CCN(C)C(=O)Nc1ccc(N)cc1OC. The van der Waals surface area contributed by atoms with E-state index in [4.69, 9.17) is 10.5 Å². The third-order valence-electron chi connectivity index (χ3n) is 2.29. The van der Waals surface area contributed by atoms with Crippen LogP contribution in [-0.4, -0.2) is 31.6 Å². The smallest absolute Gasteiger partial charge is 0.321 e. The summed E-state index contributed by atoms with van der Waals surface area (Å²) >= 11 is 0. The lowest BCUT2D eigenvalue weighted by atomic mass is 10.2. The number of nitrogen functional groups attached to an aromatic ring is 1. The number of rotatable bonds is 3. The molecule has 0 fully saturated rings. The highest BCUT2D eigenvalue weighted by Gasteiger charge is 2.10. The van der Waals surface area contributed by atoms with Crippen molar-refractivity contribution in [3.8, 4) is 5.75 Å². The van der Waals surface area contributed by atoms with Crippen molar-refractivity contribution in [1.29, 1.82) is 0 Å². The monoisotopic (exact) mass is 223 g/mol. The van der Waals surface area contributed by atoms with Crippen LogP contribution in [0.25, 0.3) is 0 Å². The third-order valence-corrected chi connectivity index (χ3v) is 2.29. The highest BCUT2D eigenvalue weighted by Crippen LogP contribution is 2.26. The molecule has 0 heterocycles. The predicted molar refractivity (Wildman–Crippen MR) is 64.7 cm³/mol. The molecule has 0 aliphatic heterocycles. The molecule has 0 aromatic heterocycles. The van der Waals surface area contributed by atoms with Crippen molar-refractivity contribution >= 4 is 17.4 Å². The van der Waals surface area contributed by atoms with Crippen LogP contribution in [0.5, 0.6) is 5.75 Å². The molecule has 0 saturated heterocycles. The molecule has 3 N–H and O–H groups in total. The summed E-state index contributed by atoms with van der Waals surface area (Å²) in [5, 5.41) is 2.75. The molecule has 1 aromatic carbocycles. The van der Waals surface area contributed by atoms with Gasteiger partial charge in [0.1, 0.15) is 5.75 Å². The number of hydrogen-bond donors (Lipinski definition) is 2. The van der Waals surface area contributed by atoms with Gasteiger partial charge in [0.15, 0.2) is 0 Å². The van der Waals surface area contributed by atoms with E-state index in [-0.39, 0.29) is 6.03 Å². The molecule has 5 heteroatoms. The Kier molecular flexibility index (Phi) is 3.99. The van der Waals surface area contributed by atoms with Crippen LogP contribution in [-0.2, 0) is 0 Å². The molecule has 0 spiro atoms. The zero-order chi connectivity index (χ0) is 12.1. The van der Waals surface area contributed by atoms with E-state index in [2.05, 4.69) is 5.32 Å². The first-order valence-corrected chi connectivity index (χ1v) is 5.04. The van der Waals surface area contributed by atoms with Crippen molar-refractivity contribution in [2.24, 2.45) is 0 Å². The molecule has 0 atom stereocenters. The standard InChI is InChI=1S/C11H17N3O2/c1-4-14(2)11(15)13-9-6-5-8(12)7-10(9)16-3/h5-7H,4,12H2,1-3H3,(H,13,15). The fourth-order valence-electron chi connectivity index (χ4n) is 1.17. The minimum absolute atomic E-state index is 0.175. The number of amides is 2. The number of ether oxygens (including phenoxy) is 1. The highest BCUT2D eigenvalue weighted by atomic mass is 16.5. The van der Waals surface area contributed by atoms with E-state index in [0.29, 0.717) is 23.7 Å². The quantitative estimate of drug-likeness (QED) is 0.767. The van der Waals surface area contributed by atoms with Gasteiger partial charge in [0.05, 0.1) is 12.8 Å². The predicted octanol–water partition coefficient (Wildman–Crippen LogP) is 1.76. The Bertz CT molecular complexity index is 379. The molecule has 0 saturated carbocycles. The first kappa shape index (κ1) is 12.2. The molecule has 0 unspecified atom stereocenters. The molecule has 0 radical (unpaired) electrons. The Hall–Kier alpha value is -1.91. The highest BCUT2D eigenvalue weighted by molar-refractivity contribution is 5.91. The number of anilines is 2. The average molecular weight is 223 g/mol. The second-order valence-electron chi connectivity index (χ2n) is 3.40. The Morgan fingerprint density at radius 2 is 2.25 bits per heavy atom. The van der Waals surface area contributed by atoms with Crippen LogP contribution in [0, 0.1) is 0 Å². The molecule has 2 amide bonds. The van der Waals surface area contributed by atoms with Gasteiger partial charge in [-0.25, -0.2) is 4.79 Å². The van der Waals surface area contributed by atoms with Gasteiger partial charge in [-0.3, -0.25) is 0 Å². The number of benzene rings is 1. The van der Waals surface area contributed by atoms with Gasteiger partial charge in [0, 0.05) is 25.3 Å². The van der Waals surface area contributed by atoms with Gasteiger partial charge in [0.25, 0.3) is 0 Å². The van der Waals surface area contributed by atoms with Crippen molar-refractivity contribution in [2.75, 3.05) is 31.8 Å². The topological polar surface area (TPSA) is 67.6 Å². The molecule has 1 aromatic rings. The van der Waals surface area contributed by atoms with Crippen LogP contribution < -0.4 is 15.8 Å². The van der Waals surface area contributed by atoms with Crippen LogP contribution in [0.1, 0.15) is 6.92 Å². The minimum Gasteiger partial charge on any atom is -0.494 e. The molecule has 0 bridgehead atoms. The normalized spacial score (nSPS) is 9.69. The second-order valence-corrected chi connectivity index (χ2v) is 3.40. The van der Waals surface area contributed by atoms with E-state index in [9.17, 15) is 4.79 Å². The molecule has 0 aliphatic rings. The number of hydrogen-bond acceptors (Lipinski definition) is 3. The van der Waals surface area contributed by atoms with E-state index in [1.807, 2.05) is 6.92 Å². The summed E-state index contributed by atoms with van der Waals surface area (Å²) in [7, 11) is 3.26. The van der Waals surface area contributed by atoms with Crippen LogP contribution in [0.4, 0.5) is 16.2 Å². The number of carbonyl (C=O) groups excluding carboxylic acids is 1. The second kappa shape index (κ2) is 5.25. The molecule has 0 aliphatic carbocycles. The Balaban J connectivity index is 2.84. The van der Waals surface area contributed by atoms with Crippen molar-refractivity contribution in [3.05, 3.63) is 18.2 Å². The first-order chi connectivity index (χ1) is 7.58. The summed E-state index contributed by atoms with van der Waals surface area (Å²) in [5.74, 6) is 0.554. The summed E-state index contributed by atoms with van der Waals surface area (Å²) in [4.78, 5) is 13.2. The number of urea groups is 1. The minimum atomic E-state index is -0.175. The summed E-state index contributed by atoms with van der Waals surface area (Å²) in [6.45, 7) is 2.54. The molecule has 5 nitrogen and oxygen atoms in total. The Morgan fingerprint density at radius 3 is 2.81 bits per heavy atom. The summed E-state index contributed by atoms with van der Waals surface area (Å²) in [5.41, 5.74) is 6.83. The maximum absolute atomic E-state index is 11.6.